The Kier molecular flexibility index (Phi) is 4.76. The number of anilines is 1. The first-order valence-electron chi connectivity index (χ1n) is 5.08. The second kappa shape index (κ2) is 5.86. The molecule has 0 fully saturated rings. The fourth-order valence-corrected chi connectivity index (χ4v) is 1.97. The largest absolute Gasteiger partial charge is 0.398 e. The number of benzene rings is 1. The zero-order chi connectivity index (χ0) is 12.1. The number of hydrogen-bond donors (Lipinski definition) is 2. The van der Waals surface area contributed by atoms with E-state index >= 15 is 0 Å². The van der Waals surface area contributed by atoms with Crippen LogP contribution in [0.2, 0.25) is 0 Å². The van der Waals surface area contributed by atoms with Crippen LogP contribution in [0, 0.1) is 0 Å². The predicted octanol–water partition coefficient (Wildman–Crippen LogP) is 1.34. The molecule has 0 heterocycles. The summed E-state index contributed by atoms with van der Waals surface area (Å²) in [4.78, 5) is 12.8. The molecule has 0 unspecified atom stereocenters. The molecule has 1 rings (SSSR count). The molecule has 0 aliphatic carbocycles. The maximum absolute atomic E-state index is 10.9. The van der Waals surface area contributed by atoms with E-state index < -0.39 is 0 Å². The molecule has 88 valence electrons. The lowest BCUT2D eigenvalue weighted by atomic mass is 10.1. The third-order valence-corrected chi connectivity index (χ3v) is 3.11. The summed E-state index contributed by atoms with van der Waals surface area (Å²) in [6.07, 6.45) is 0. The van der Waals surface area contributed by atoms with Crippen molar-refractivity contribution in [3.8, 4) is 0 Å². The molecule has 4 N–H and O–H groups in total. The molecule has 0 aliphatic rings. The van der Waals surface area contributed by atoms with Gasteiger partial charge < -0.3 is 11.5 Å². The number of nitrogens with two attached hydrogens (primary N) is 2. The molecule has 1 aromatic rings. The summed E-state index contributed by atoms with van der Waals surface area (Å²) in [7, 11) is 0. The summed E-state index contributed by atoms with van der Waals surface area (Å²) in [5, 5.41) is 0. The molecule has 0 spiro atoms. The molecule has 5 heteroatoms. The Morgan fingerprint density at radius 2 is 2.19 bits per heavy atom. The number of carbonyl (C=O) groups excluding carboxylic acids is 1. The number of nitrogen functional groups attached to an aromatic ring is 1. The van der Waals surface area contributed by atoms with Gasteiger partial charge in [-0.2, -0.15) is 0 Å². The maximum atomic E-state index is 10.9. The highest BCUT2D eigenvalue weighted by Crippen LogP contribution is 2.23. The summed E-state index contributed by atoms with van der Waals surface area (Å²) in [5.41, 5.74) is 12.8. The number of halogens is 1. The number of primary amides is 1. The average molecular weight is 286 g/mol. The Balaban J connectivity index is 2.81. The van der Waals surface area contributed by atoms with E-state index in [4.69, 9.17) is 11.5 Å². The minimum Gasteiger partial charge on any atom is -0.398 e. The van der Waals surface area contributed by atoms with Crippen LogP contribution in [0.15, 0.2) is 22.7 Å². The Bertz CT molecular complexity index is 361. The number of hydrogen-bond acceptors (Lipinski definition) is 3. The molecule has 0 bridgehead atoms. The quantitative estimate of drug-likeness (QED) is 0.802. The zero-order valence-corrected chi connectivity index (χ0v) is 10.8. The van der Waals surface area contributed by atoms with Crippen LogP contribution in [0.1, 0.15) is 12.5 Å². The lowest BCUT2D eigenvalue weighted by Gasteiger charge is -2.20. The molecular weight excluding hydrogens is 270 g/mol. The Morgan fingerprint density at radius 1 is 1.50 bits per heavy atom. The predicted molar refractivity (Wildman–Crippen MR) is 68.7 cm³/mol. The van der Waals surface area contributed by atoms with E-state index in [0.717, 1.165) is 22.3 Å². The van der Waals surface area contributed by atoms with Crippen LogP contribution in [0.25, 0.3) is 0 Å². The molecule has 0 saturated carbocycles. The number of rotatable bonds is 5. The summed E-state index contributed by atoms with van der Waals surface area (Å²) in [6.45, 7) is 3.60. The topological polar surface area (TPSA) is 72.3 Å². The molecule has 1 amide bonds. The van der Waals surface area contributed by atoms with E-state index in [2.05, 4.69) is 15.9 Å². The summed E-state index contributed by atoms with van der Waals surface area (Å²) in [5.74, 6) is -0.326. The first kappa shape index (κ1) is 13.0. The standard InChI is InChI=1S/C11H16BrN3O/c1-2-15(7-11(14)16)6-8-9(12)4-3-5-10(8)13/h3-5H,2,6-7,13H2,1H3,(H2,14,16). The van der Waals surface area contributed by atoms with Gasteiger partial charge >= 0.3 is 0 Å². The van der Waals surface area contributed by atoms with E-state index in [1.54, 1.807) is 0 Å². The third kappa shape index (κ3) is 3.50. The Labute approximate surface area is 104 Å². The van der Waals surface area contributed by atoms with Crippen LogP contribution < -0.4 is 11.5 Å². The SMILES string of the molecule is CCN(CC(N)=O)Cc1c(N)cccc1Br. The van der Waals surface area contributed by atoms with Gasteiger partial charge in [0.1, 0.15) is 0 Å². The van der Waals surface area contributed by atoms with Crippen LogP contribution in [-0.2, 0) is 11.3 Å². The van der Waals surface area contributed by atoms with Crippen molar-refractivity contribution in [3.05, 3.63) is 28.2 Å². The highest BCUT2D eigenvalue weighted by molar-refractivity contribution is 9.10. The van der Waals surface area contributed by atoms with Crippen molar-refractivity contribution in [2.45, 2.75) is 13.5 Å². The number of likely N-dealkylation sites (N-methyl/N-ethyl adjacent to an activating group) is 1. The maximum Gasteiger partial charge on any atom is 0.231 e. The van der Waals surface area contributed by atoms with E-state index in [-0.39, 0.29) is 12.5 Å². The van der Waals surface area contributed by atoms with Crippen LogP contribution in [-0.4, -0.2) is 23.9 Å². The normalized spacial score (nSPS) is 10.7. The van der Waals surface area contributed by atoms with E-state index in [1.807, 2.05) is 30.0 Å². The molecule has 0 aromatic heterocycles. The zero-order valence-electron chi connectivity index (χ0n) is 9.24. The van der Waals surface area contributed by atoms with Crippen molar-refractivity contribution in [3.63, 3.8) is 0 Å². The van der Waals surface area contributed by atoms with Crippen molar-refractivity contribution in [1.29, 1.82) is 0 Å². The van der Waals surface area contributed by atoms with Gasteiger partial charge in [0.05, 0.1) is 6.54 Å². The highest BCUT2D eigenvalue weighted by Gasteiger charge is 2.11. The van der Waals surface area contributed by atoms with Crippen LogP contribution in [0.4, 0.5) is 5.69 Å². The van der Waals surface area contributed by atoms with Gasteiger partial charge in [-0.05, 0) is 18.7 Å². The second-order valence-corrected chi connectivity index (χ2v) is 4.43. The van der Waals surface area contributed by atoms with Crippen LogP contribution in [0.3, 0.4) is 0 Å². The highest BCUT2D eigenvalue weighted by atomic mass is 79.9. The first-order chi connectivity index (χ1) is 7.54. The average Bonchev–Trinajstić information content (AvgIpc) is 2.21. The van der Waals surface area contributed by atoms with E-state index in [0.29, 0.717) is 6.54 Å². The molecule has 0 aliphatic heterocycles. The number of amides is 1. The van der Waals surface area contributed by atoms with Gasteiger partial charge in [0, 0.05) is 22.3 Å². The van der Waals surface area contributed by atoms with Gasteiger partial charge in [0.15, 0.2) is 0 Å². The van der Waals surface area contributed by atoms with Gasteiger partial charge in [-0.3, -0.25) is 9.69 Å². The molecule has 0 radical (unpaired) electrons. The summed E-state index contributed by atoms with van der Waals surface area (Å²) in [6, 6.07) is 5.66. The lowest BCUT2D eigenvalue weighted by Crippen LogP contribution is -2.33. The minimum atomic E-state index is -0.326. The van der Waals surface area contributed by atoms with Gasteiger partial charge in [-0.15, -0.1) is 0 Å². The molecule has 16 heavy (non-hydrogen) atoms. The van der Waals surface area contributed by atoms with Gasteiger partial charge in [0.25, 0.3) is 0 Å². The van der Waals surface area contributed by atoms with Crippen molar-refractivity contribution >= 4 is 27.5 Å². The smallest absolute Gasteiger partial charge is 0.231 e. The Morgan fingerprint density at radius 3 is 2.69 bits per heavy atom. The van der Waals surface area contributed by atoms with Crippen molar-refractivity contribution < 1.29 is 4.79 Å². The summed E-state index contributed by atoms with van der Waals surface area (Å²) >= 11 is 3.45. The fraction of sp³-hybridized carbons (Fsp3) is 0.364. The van der Waals surface area contributed by atoms with Crippen molar-refractivity contribution in [2.75, 3.05) is 18.8 Å². The lowest BCUT2D eigenvalue weighted by molar-refractivity contribution is -0.119. The van der Waals surface area contributed by atoms with E-state index in [9.17, 15) is 4.79 Å². The van der Waals surface area contributed by atoms with Gasteiger partial charge in [0.2, 0.25) is 5.91 Å². The first-order valence-corrected chi connectivity index (χ1v) is 5.87. The van der Waals surface area contributed by atoms with Crippen molar-refractivity contribution in [1.82, 2.24) is 4.90 Å². The second-order valence-electron chi connectivity index (χ2n) is 3.58. The van der Waals surface area contributed by atoms with Crippen LogP contribution in [0.5, 0.6) is 0 Å². The third-order valence-electron chi connectivity index (χ3n) is 2.36. The van der Waals surface area contributed by atoms with Crippen molar-refractivity contribution in [2.24, 2.45) is 5.73 Å². The minimum absolute atomic E-state index is 0.247. The molecule has 4 nitrogen and oxygen atoms in total. The van der Waals surface area contributed by atoms with Gasteiger partial charge in [-0.25, -0.2) is 0 Å². The monoisotopic (exact) mass is 285 g/mol. The Hall–Kier alpha value is -1.07. The summed E-state index contributed by atoms with van der Waals surface area (Å²) < 4.78 is 0.954. The molecule has 0 saturated heterocycles. The molecule has 0 atom stereocenters. The molecular formula is C11H16BrN3O. The molecule has 1 aromatic carbocycles. The van der Waals surface area contributed by atoms with E-state index in [1.165, 1.54) is 0 Å². The fourth-order valence-electron chi connectivity index (χ4n) is 1.47. The number of nitrogens with zero attached hydrogens (tertiary/aromatic N) is 1. The number of carbonyl (C=O) groups is 1. The van der Waals surface area contributed by atoms with Crippen LogP contribution >= 0.6 is 15.9 Å². The van der Waals surface area contributed by atoms with Gasteiger partial charge in [-0.1, -0.05) is 28.9 Å².